The highest BCUT2D eigenvalue weighted by molar-refractivity contribution is 5.83. The number of fused-ring (bicyclic) bond motifs is 1. The molecule has 0 aromatic heterocycles. The molecule has 106 valence electrons. The predicted molar refractivity (Wildman–Crippen MR) is 87.1 cm³/mol. The number of aliphatic imine (C=N–C) groups is 1. The Bertz CT molecular complexity index is 575. The fraction of sp³-hybridized carbons (Fsp3) is 0.353. The summed E-state index contributed by atoms with van der Waals surface area (Å²) >= 11 is 0. The third kappa shape index (κ3) is 3.98. The second-order valence-corrected chi connectivity index (χ2v) is 4.80. The number of guanidine groups is 1. The lowest BCUT2D eigenvalue weighted by Crippen LogP contribution is -2.37. The van der Waals surface area contributed by atoms with Crippen LogP contribution >= 0.6 is 0 Å². The minimum absolute atomic E-state index is 0.698. The Morgan fingerprint density at radius 2 is 1.80 bits per heavy atom. The third-order valence-corrected chi connectivity index (χ3v) is 3.12. The molecule has 20 heavy (non-hydrogen) atoms. The van der Waals surface area contributed by atoms with Crippen LogP contribution in [0.5, 0.6) is 0 Å². The minimum Gasteiger partial charge on any atom is -0.357 e. The van der Waals surface area contributed by atoms with Crippen LogP contribution in [0.4, 0.5) is 0 Å². The van der Waals surface area contributed by atoms with E-state index in [1.165, 1.54) is 16.3 Å². The van der Waals surface area contributed by atoms with Crippen LogP contribution in [0.15, 0.2) is 47.5 Å². The van der Waals surface area contributed by atoms with Crippen molar-refractivity contribution in [1.29, 1.82) is 0 Å². The van der Waals surface area contributed by atoms with Gasteiger partial charge in [0, 0.05) is 13.1 Å². The molecule has 0 bridgehead atoms. The lowest BCUT2D eigenvalue weighted by atomic mass is 10.1. The molecule has 3 nitrogen and oxygen atoms in total. The van der Waals surface area contributed by atoms with Crippen molar-refractivity contribution >= 4 is 16.7 Å². The van der Waals surface area contributed by atoms with Crippen LogP contribution in [0.2, 0.25) is 0 Å². The Balaban J connectivity index is 2.09. The fourth-order valence-electron chi connectivity index (χ4n) is 2.09. The fourth-order valence-corrected chi connectivity index (χ4v) is 2.09. The number of nitrogens with one attached hydrogen (secondary N) is 2. The van der Waals surface area contributed by atoms with Gasteiger partial charge in [-0.25, -0.2) is 4.99 Å². The number of nitrogens with zero attached hydrogens (tertiary/aromatic N) is 1. The second kappa shape index (κ2) is 7.53. The zero-order valence-electron chi connectivity index (χ0n) is 12.3. The van der Waals surface area contributed by atoms with Gasteiger partial charge in [-0.2, -0.15) is 0 Å². The molecule has 2 N–H and O–H groups in total. The van der Waals surface area contributed by atoms with E-state index in [2.05, 4.69) is 71.9 Å². The summed E-state index contributed by atoms with van der Waals surface area (Å²) in [5.41, 5.74) is 1.23. The topological polar surface area (TPSA) is 36.4 Å². The molecule has 0 fully saturated rings. The first-order chi connectivity index (χ1) is 9.83. The Labute approximate surface area is 121 Å². The van der Waals surface area contributed by atoms with E-state index in [4.69, 9.17) is 0 Å². The van der Waals surface area contributed by atoms with Crippen LogP contribution in [0, 0.1) is 0 Å². The number of hydrogen-bond donors (Lipinski definition) is 2. The van der Waals surface area contributed by atoms with Crippen molar-refractivity contribution in [2.45, 2.75) is 26.8 Å². The Hall–Kier alpha value is -2.03. The predicted octanol–water partition coefficient (Wildman–Crippen LogP) is 3.30. The summed E-state index contributed by atoms with van der Waals surface area (Å²) in [6, 6.07) is 14.9. The van der Waals surface area contributed by atoms with Crippen molar-refractivity contribution in [3.63, 3.8) is 0 Å². The van der Waals surface area contributed by atoms with Crippen molar-refractivity contribution in [3.05, 3.63) is 48.0 Å². The number of benzene rings is 2. The first-order valence-electron chi connectivity index (χ1n) is 7.33. The van der Waals surface area contributed by atoms with Crippen LogP contribution in [0.3, 0.4) is 0 Å². The van der Waals surface area contributed by atoms with E-state index in [1.807, 2.05) is 0 Å². The van der Waals surface area contributed by atoms with E-state index in [-0.39, 0.29) is 0 Å². The standard InChI is InChI=1S/C17H23N3/c1-3-11-19-17(18-4-2)20-13-14-9-10-15-7-5-6-8-16(15)12-14/h5-10,12H,3-4,11,13H2,1-2H3,(H2,18,19,20). The molecule has 2 rings (SSSR count). The van der Waals surface area contributed by atoms with Crippen LogP contribution in [-0.2, 0) is 6.54 Å². The first kappa shape index (κ1) is 14.4. The van der Waals surface area contributed by atoms with Gasteiger partial charge in [0.15, 0.2) is 5.96 Å². The molecule has 0 unspecified atom stereocenters. The highest BCUT2D eigenvalue weighted by Crippen LogP contribution is 2.16. The zero-order chi connectivity index (χ0) is 14.2. The molecule has 0 amide bonds. The maximum atomic E-state index is 4.62. The quantitative estimate of drug-likeness (QED) is 0.645. The maximum Gasteiger partial charge on any atom is 0.191 e. The summed E-state index contributed by atoms with van der Waals surface area (Å²) in [4.78, 5) is 4.62. The normalized spacial score (nSPS) is 11.6. The molecule has 0 spiro atoms. The number of hydrogen-bond acceptors (Lipinski definition) is 1. The second-order valence-electron chi connectivity index (χ2n) is 4.80. The average molecular weight is 269 g/mol. The molecule has 3 heteroatoms. The van der Waals surface area contributed by atoms with Crippen molar-refractivity contribution in [2.75, 3.05) is 13.1 Å². The van der Waals surface area contributed by atoms with Gasteiger partial charge >= 0.3 is 0 Å². The first-order valence-corrected chi connectivity index (χ1v) is 7.33. The molecule has 0 heterocycles. The minimum atomic E-state index is 0.698. The summed E-state index contributed by atoms with van der Waals surface area (Å²) in [6.45, 7) is 6.76. The van der Waals surface area contributed by atoms with Crippen molar-refractivity contribution in [1.82, 2.24) is 10.6 Å². The molecule has 0 aliphatic carbocycles. The Kier molecular flexibility index (Phi) is 5.42. The van der Waals surface area contributed by atoms with E-state index in [0.29, 0.717) is 6.54 Å². The summed E-state index contributed by atoms with van der Waals surface area (Å²) in [5.74, 6) is 0.891. The van der Waals surface area contributed by atoms with E-state index >= 15 is 0 Å². The number of rotatable bonds is 5. The van der Waals surface area contributed by atoms with Gasteiger partial charge in [0.1, 0.15) is 0 Å². The van der Waals surface area contributed by atoms with Crippen LogP contribution in [0.1, 0.15) is 25.8 Å². The summed E-state index contributed by atoms with van der Waals surface area (Å²) < 4.78 is 0. The van der Waals surface area contributed by atoms with Crippen molar-refractivity contribution in [3.8, 4) is 0 Å². The molecule has 0 atom stereocenters. The van der Waals surface area contributed by atoms with E-state index in [1.54, 1.807) is 0 Å². The highest BCUT2D eigenvalue weighted by atomic mass is 15.2. The zero-order valence-corrected chi connectivity index (χ0v) is 12.3. The molecule has 2 aromatic carbocycles. The molecular formula is C17H23N3. The smallest absolute Gasteiger partial charge is 0.191 e. The molecular weight excluding hydrogens is 246 g/mol. The Morgan fingerprint density at radius 1 is 1.00 bits per heavy atom. The van der Waals surface area contributed by atoms with Gasteiger partial charge in [-0.3, -0.25) is 0 Å². The summed E-state index contributed by atoms with van der Waals surface area (Å²) in [7, 11) is 0. The maximum absolute atomic E-state index is 4.62. The molecule has 0 saturated carbocycles. The highest BCUT2D eigenvalue weighted by Gasteiger charge is 1.98. The SMILES string of the molecule is CCCNC(=NCc1ccc2ccccc2c1)NCC. The average Bonchev–Trinajstić information content (AvgIpc) is 2.50. The van der Waals surface area contributed by atoms with Gasteiger partial charge in [0.25, 0.3) is 0 Å². The van der Waals surface area contributed by atoms with E-state index in [0.717, 1.165) is 25.5 Å². The van der Waals surface area contributed by atoms with E-state index in [9.17, 15) is 0 Å². The Morgan fingerprint density at radius 3 is 2.55 bits per heavy atom. The third-order valence-electron chi connectivity index (χ3n) is 3.12. The van der Waals surface area contributed by atoms with E-state index < -0.39 is 0 Å². The van der Waals surface area contributed by atoms with Crippen molar-refractivity contribution < 1.29 is 0 Å². The molecule has 0 radical (unpaired) electrons. The van der Waals surface area contributed by atoms with Gasteiger partial charge in [0.2, 0.25) is 0 Å². The van der Waals surface area contributed by atoms with Gasteiger partial charge in [0.05, 0.1) is 6.54 Å². The van der Waals surface area contributed by atoms with Gasteiger partial charge in [-0.15, -0.1) is 0 Å². The molecule has 0 aliphatic heterocycles. The van der Waals surface area contributed by atoms with Crippen LogP contribution in [0.25, 0.3) is 10.8 Å². The molecule has 0 saturated heterocycles. The lowest BCUT2D eigenvalue weighted by molar-refractivity contribution is 0.785. The summed E-state index contributed by atoms with van der Waals surface area (Å²) in [6.07, 6.45) is 1.10. The van der Waals surface area contributed by atoms with Crippen molar-refractivity contribution in [2.24, 2.45) is 4.99 Å². The van der Waals surface area contributed by atoms with Gasteiger partial charge in [-0.1, -0.05) is 43.3 Å². The largest absolute Gasteiger partial charge is 0.357 e. The lowest BCUT2D eigenvalue weighted by Gasteiger charge is -2.10. The van der Waals surface area contributed by atoms with Crippen LogP contribution in [-0.4, -0.2) is 19.0 Å². The molecule has 0 aliphatic rings. The monoisotopic (exact) mass is 269 g/mol. The summed E-state index contributed by atoms with van der Waals surface area (Å²) in [5, 5.41) is 9.12. The van der Waals surface area contributed by atoms with Gasteiger partial charge in [-0.05, 0) is 35.7 Å². The van der Waals surface area contributed by atoms with Crippen LogP contribution < -0.4 is 10.6 Å². The van der Waals surface area contributed by atoms with Gasteiger partial charge < -0.3 is 10.6 Å². The molecule has 2 aromatic rings.